The number of benzene rings is 1. The molecule has 1 aliphatic rings. The molecule has 2 N–H and O–H groups in total. The van der Waals surface area contributed by atoms with Gasteiger partial charge in [0.05, 0.1) is 12.6 Å². The van der Waals surface area contributed by atoms with Crippen LogP contribution in [-0.4, -0.2) is 43.5 Å². The van der Waals surface area contributed by atoms with E-state index in [4.69, 9.17) is 0 Å². The van der Waals surface area contributed by atoms with Gasteiger partial charge >= 0.3 is 0 Å². The van der Waals surface area contributed by atoms with Gasteiger partial charge in [0, 0.05) is 17.6 Å². The molecule has 1 aromatic carbocycles. The lowest BCUT2D eigenvalue weighted by atomic mass is 10.1. The third-order valence-electron chi connectivity index (χ3n) is 3.55. The molecule has 0 radical (unpaired) electrons. The molecule has 1 heterocycles. The molecule has 1 aromatic rings. The van der Waals surface area contributed by atoms with Crippen molar-refractivity contribution in [2.45, 2.75) is 19.4 Å². The van der Waals surface area contributed by atoms with Gasteiger partial charge in [-0.05, 0) is 38.1 Å². The van der Waals surface area contributed by atoms with Gasteiger partial charge in [-0.25, -0.2) is 0 Å². The van der Waals surface area contributed by atoms with Gasteiger partial charge in [-0.15, -0.1) is 0 Å². The maximum Gasteiger partial charge on any atom is 0.234 e. The van der Waals surface area contributed by atoms with Crippen LogP contribution in [0.5, 0.6) is 0 Å². The molecule has 0 aromatic heterocycles. The van der Waals surface area contributed by atoms with E-state index in [1.807, 2.05) is 31.2 Å². The Morgan fingerprint density at radius 3 is 3.00 bits per heavy atom. The summed E-state index contributed by atoms with van der Waals surface area (Å²) in [6, 6.07) is 8.02. The Kier molecular flexibility index (Phi) is 6.01. The maximum absolute atomic E-state index is 12.1. The maximum atomic E-state index is 12.1. The van der Waals surface area contributed by atoms with Crippen LogP contribution in [0.4, 0.5) is 0 Å². The van der Waals surface area contributed by atoms with Crippen LogP contribution >= 0.6 is 15.9 Å². The minimum absolute atomic E-state index is 0.0168. The second-order valence-electron chi connectivity index (χ2n) is 5.19. The molecule has 20 heavy (non-hydrogen) atoms. The fourth-order valence-electron chi connectivity index (χ4n) is 2.45. The summed E-state index contributed by atoms with van der Waals surface area (Å²) in [4.78, 5) is 14.3. The first-order valence-electron chi connectivity index (χ1n) is 7.13. The van der Waals surface area contributed by atoms with Crippen molar-refractivity contribution in [3.63, 3.8) is 0 Å². The Labute approximate surface area is 129 Å². The van der Waals surface area contributed by atoms with Crippen molar-refractivity contribution in [3.8, 4) is 0 Å². The molecule has 1 fully saturated rings. The van der Waals surface area contributed by atoms with Crippen molar-refractivity contribution in [1.29, 1.82) is 0 Å². The minimum Gasteiger partial charge on any atom is -0.348 e. The first-order chi connectivity index (χ1) is 9.66. The third kappa shape index (κ3) is 4.58. The average Bonchev–Trinajstić information content (AvgIpc) is 2.67. The Morgan fingerprint density at radius 1 is 1.40 bits per heavy atom. The Hall–Kier alpha value is -0.910. The number of rotatable bonds is 4. The largest absolute Gasteiger partial charge is 0.348 e. The monoisotopic (exact) mass is 339 g/mol. The standard InChI is InChI=1S/C15H22BrN3O/c1-12(13-5-2-3-6-14(13)16)18-15(20)11-19-9-4-7-17-8-10-19/h2-3,5-6,12,17H,4,7-11H2,1H3,(H,18,20)/t12-/m1/s1. The highest BCUT2D eigenvalue weighted by molar-refractivity contribution is 9.10. The molecule has 0 aliphatic carbocycles. The van der Waals surface area contributed by atoms with Crippen LogP contribution in [0.1, 0.15) is 24.9 Å². The summed E-state index contributed by atoms with van der Waals surface area (Å²) < 4.78 is 1.03. The SMILES string of the molecule is C[C@@H](NC(=O)CN1CCCNCC1)c1ccccc1Br. The van der Waals surface area contributed by atoms with E-state index in [2.05, 4.69) is 31.5 Å². The van der Waals surface area contributed by atoms with E-state index >= 15 is 0 Å². The highest BCUT2D eigenvalue weighted by Gasteiger charge is 2.16. The molecule has 110 valence electrons. The Balaban J connectivity index is 1.86. The molecule has 4 nitrogen and oxygen atoms in total. The van der Waals surface area contributed by atoms with Gasteiger partial charge in [0.2, 0.25) is 5.91 Å². The topological polar surface area (TPSA) is 44.4 Å². The number of carbonyl (C=O) groups excluding carboxylic acids is 1. The summed E-state index contributed by atoms with van der Waals surface area (Å²) in [6.07, 6.45) is 1.10. The van der Waals surface area contributed by atoms with E-state index in [9.17, 15) is 4.79 Å². The molecule has 0 saturated carbocycles. The van der Waals surface area contributed by atoms with Gasteiger partial charge in [-0.2, -0.15) is 0 Å². The van der Waals surface area contributed by atoms with Crippen LogP contribution in [0.25, 0.3) is 0 Å². The summed E-state index contributed by atoms with van der Waals surface area (Å²) in [5.41, 5.74) is 1.11. The zero-order valence-electron chi connectivity index (χ0n) is 11.9. The first kappa shape index (κ1) is 15.5. The zero-order valence-corrected chi connectivity index (χ0v) is 13.4. The first-order valence-corrected chi connectivity index (χ1v) is 7.93. The van der Waals surface area contributed by atoms with Crippen molar-refractivity contribution in [3.05, 3.63) is 34.3 Å². The molecule has 0 spiro atoms. The molecule has 1 aliphatic heterocycles. The normalized spacial score (nSPS) is 18.3. The fraction of sp³-hybridized carbons (Fsp3) is 0.533. The smallest absolute Gasteiger partial charge is 0.234 e. The third-order valence-corrected chi connectivity index (χ3v) is 4.27. The lowest BCUT2D eigenvalue weighted by Crippen LogP contribution is -2.39. The number of hydrogen-bond acceptors (Lipinski definition) is 3. The molecule has 2 rings (SSSR count). The van der Waals surface area contributed by atoms with Crippen LogP contribution in [0.3, 0.4) is 0 Å². The fourth-order valence-corrected chi connectivity index (χ4v) is 3.08. The summed E-state index contributed by atoms with van der Waals surface area (Å²) >= 11 is 3.53. The van der Waals surface area contributed by atoms with Gasteiger partial charge in [0.1, 0.15) is 0 Å². The van der Waals surface area contributed by atoms with E-state index in [0.717, 1.165) is 42.6 Å². The number of nitrogens with one attached hydrogen (secondary N) is 2. The number of nitrogens with zero attached hydrogens (tertiary/aromatic N) is 1. The van der Waals surface area contributed by atoms with Crippen molar-refractivity contribution < 1.29 is 4.79 Å². The molecular weight excluding hydrogens is 318 g/mol. The van der Waals surface area contributed by atoms with E-state index in [1.165, 1.54) is 0 Å². The quantitative estimate of drug-likeness (QED) is 0.880. The van der Waals surface area contributed by atoms with E-state index in [0.29, 0.717) is 6.54 Å². The van der Waals surface area contributed by atoms with E-state index in [1.54, 1.807) is 0 Å². The second-order valence-corrected chi connectivity index (χ2v) is 6.04. The van der Waals surface area contributed by atoms with Crippen LogP contribution < -0.4 is 10.6 Å². The van der Waals surface area contributed by atoms with Crippen molar-refractivity contribution in [2.24, 2.45) is 0 Å². The number of carbonyl (C=O) groups is 1. The van der Waals surface area contributed by atoms with Crippen LogP contribution in [0.15, 0.2) is 28.7 Å². The summed E-state index contributed by atoms with van der Waals surface area (Å²) in [5, 5.41) is 6.42. The molecule has 5 heteroatoms. The van der Waals surface area contributed by atoms with E-state index in [-0.39, 0.29) is 11.9 Å². The molecule has 0 unspecified atom stereocenters. The summed E-state index contributed by atoms with van der Waals surface area (Å²) in [7, 11) is 0. The number of halogens is 1. The van der Waals surface area contributed by atoms with Gasteiger partial charge in [0.25, 0.3) is 0 Å². The minimum atomic E-state index is 0.0168. The number of amides is 1. The van der Waals surface area contributed by atoms with Crippen molar-refractivity contribution in [2.75, 3.05) is 32.7 Å². The predicted molar refractivity (Wildman–Crippen MR) is 84.6 cm³/mol. The highest BCUT2D eigenvalue weighted by atomic mass is 79.9. The van der Waals surface area contributed by atoms with Gasteiger partial charge < -0.3 is 10.6 Å². The summed E-state index contributed by atoms with van der Waals surface area (Å²) in [6.45, 7) is 6.44. The van der Waals surface area contributed by atoms with Gasteiger partial charge in [-0.1, -0.05) is 34.1 Å². The van der Waals surface area contributed by atoms with E-state index < -0.39 is 0 Å². The van der Waals surface area contributed by atoms with Gasteiger partial charge in [-0.3, -0.25) is 9.69 Å². The summed E-state index contributed by atoms with van der Waals surface area (Å²) in [5.74, 6) is 0.0927. The van der Waals surface area contributed by atoms with Crippen molar-refractivity contribution >= 4 is 21.8 Å². The molecule has 0 bridgehead atoms. The second kappa shape index (κ2) is 7.76. The molecule has 1 saturated heterocycles. The molecule has 1 atom stereocenters. The van der Waals surface area contributed by atoms with Gasteiger partial charge in [0.15, 0.2) is 0 Å². The lowest BCUT2D eigenvalue weighted by Gasteiger charge is -2.21. The van der Waals surface area contributed by atoms with Crippen LogP contribution in [-0.2, 0) is 4.79 Å². The average molecular weight is 340 g/mol. The number of hydrogen-bond donors (Lipinski definition) is 2. The van der Waals surface area contributed by atoms with Crippen LogP contribution in [0, 0.1) is 0 Å². The molecule has 1 amide bonds. The van der Waals surface area contributed by atoms with Crippen molar-refractivity contribution in [1.82, 2.24) is 15.5 Å². The van der Waals surface area contributed by atoms with Crippen LogP contribution in [0.2, 0.25) is 0 Å². The lowest BCUT2D eigenvalue weighted by molar-refractivity contribution is -0.122. The molecular formula is C15H22BrN3O. The zero-order chi connectivity index (χ0) is 14.4. The highest BCUT2D eigenvalue weighted by Crippen LogP contribution is 2.22. The Morgan fingerprint density at radius 2 is 2.20 bits per heavy atom. The predicted octanol–water partition coefficient (Wildman–Crippen LogP) is 1.92. The Bertz CT molecular complexity index is 444.